The van der Waals surface area contributed by atoms with Gasteiger partial charge in [-0.25, -0.2) is 4.57 Å². The molecule has 1 amide bonds. The van der Waals surface area contributed by atoms with E-state index in [0.29, 0.717) is 17.4 Å². The maximum absolute atomic E-state index is 12.7. The highest BCUT2D eigenvalue weighted by molar-refractivity contribution is 7.47. The molecule has 3 atom stereocenters. The maximum Gasteiger partial charge on any atom is 0.472 e. The highest BCUT2D eigenvalue weighted by Crippen LogP contribution is 2.43. The Morgan fingerprint density at radius 3 is 1.42 bits per heavy atom. The fourth-order valence-electron chi connectivity index (χ4n) is 5.31. The molecule has 9 heteroatoms. The van der Waals surface area contributed by atoms with Gasteiger partial charge in [-0.3, -0.25) is 13.8 Å². The Morgan fingerprint density at radius 2 is 1.00 bits per heavy atom. The van der Waals surface area contributed by atoms with Gasteiger partial charge in [-0.15, -0.1) is 0 Å². The van der Waals surface area contributed by atoms with Crippen molar-refractivity contribution in [1.82, 2.24) is 5.32 Å². The number of nitrogens with one attached hydrogen (secondary N) is 1. The highest BCUT2D eigenvalue weighted by Gasteiger charge is 2.27. The Hall–Kier alpha value is -3.36. The van der Waals surface area contributed by atoms with Crippen LogP contribution >= 0.6 is 7.82 Å². The van der Waals surface area contributed by atoms with Gasteiger partial charge in [0.1, 0.15) is 13.2 Å². The van der Waals surface area contributed by atoms with Crippen molar-refractivity contribution < 1.29 is 32.9 Å². The summed E-state index contributed by atoms with van der Waals surface area (Å²) in [6.07, 6.45) is 63.4. The zero-order valence-corrected chi connectivity index (χ0v) is 39.0. The Morgan fingerprint density at radius 1 is 0.583 bits per heavy atom. The molecule has 0 saturated heterocycles. The average molecular weight is 852 g/mol. The van der Waals surface area contributed by atoms with Crippen LogP contribution in [-0.4, -0.2) is 73.4 Å². The molecule has 60 heavy (non-hydrogen) atoms. The molecule has 0 aromatic rings. The van der Waals surface area contributed by atoms with Crippen LogP contribution in [0.3, 0.4) is 0 Å². The third-order valence-corrected chi connectivity index (χ3v) is 9.84. The standard InChI is InChI=1S/C51H83N2O6P/c1-6-8-10-11-12-13-14-15-16-17-18-19-20-21-22-23-24-25-26-27-28-29-30-31-32-33-34-35-36-37-38-39-40-41-43-45-51(55)52-49(50(54)44-42-9-7-2)48-59-60(56,57)58-47-46-53(3,4)5/h8,10,12-13,15-16,18-19,21-22,24-25,27-28,30-31,33-34,36-37,42,44,49-50,54H,6-7,9,11,14,17,20,23,26,29,32,35,38-41,43,45-48H2,1-5H3,(H-,52,55,56,57)/p+1/b10-8-,13-12-,16-15-,19-18-,22-21-,25-24-,28-27-,31-30-,34-33-,37-36-,44-42+. The van der Waals surface area contributed by atoms with E-state index >= 15 is 0 Å². The van der Waals surface area contributed by atoms with Gasteiger partial charge in [-0.2, -0.15) is 0 Å². The molecular weight excluding hydrogens is 768 g/mol. The van der Waals surface area contributed by atoms with Crippen LogP contribution in [-0.2, 0) is 18.4 Å². The molecule has 0 bridgehead atoms. The van der Waals surface area contributed by atoms with Crippen LogP contribution in [0, 0.1) is 0 Å². The van der Waals surface area contributed by atoms with E-state index in [9.17, 15) is 19.4 Å². The minimum absolute atomic E-state index is 0.0463. The lowest BCUT2D eigenvalue weighted by Gasteiger charge is -2.25. The van der Waals surface area contributed by atoms with Crippen molar-refractivity contribution in [1.29, 1.82) is 0 Å². The first-order valence-electron chi connectivity index (χ1n) is 22.6. The number of hydrogen-bond acceptors (Lipinski definition) is 5. The first-order chi connectivity index (χ1) is 29.0. The number of aliphatic hydroxyl groups is 1. The Labute approximate surface area is 366 Å². The van der Waals surface area contributed by atoms with Gasteiger partial charge in [-0.1, -0.05) is 167 Å². The average Bonchev–Trinajstić information content (AvgIpc) is 3.20. The maximum atomic E-state index is 12.7. The van der Waals surface area contributed by atoms with Crippen molar-refractivity contribution in [2.75, 3.05) is 40.9 Å². The zero-order valence-electron chi connectivity index (χ0n) is 38.1. The van der Waals surface area contributed by atoms with Crippen LogP contribution in [0.15, 0.2) is 134 Å². The third kappa shape index (κ3) is 42.8. The summed E-state index contributed by atoms with van der Waals surface area (Å²) in [6.45, 7) is 4.41. The first kappa shape index (κ1) is 56.6. The highest BCUT2D eigenvalue weighted by atomic mass is 31.2. The van der Waals surface area contributed by atoms with E-state index in [1.54, 1.807) is 6.08 Å². The van der Waals surface area contributed by atoms with Gasteiger partial charge >= 0.3 is 7.82 Å². The van der Waals surface area contributed by atoms with Crippen LogP contribution < -0.4 is 5.32 Å². The SMILES string of the molecule is CC/C=C\C/C=C\C/C=C\C/C=C\C/C=C\C/C=C\C/C=C\C/C=C\C/C=C\C/C=C\CCCCCCC(=O)NC(COP(=O)(O)OCC[N+](C)(C)C)C(O)/C=C/CCC. The van der Waals surface area contributed by atoms with E-state index in [2.05, 4.69) is 134 Å². The lowest BCUT2D eigenvalue weighted by molar-refractivity contribution is -0.870. The van der Waals surface area contributed by atoms with Gasteiger partial charge in [0.25, 0.3) is 0 Å². The molecule has 0 aliphatic rings. The fourth-order valence-corrected chi connectivity index (χ4v) is 6.04. The van der Waals surface area contributed by atoms with E-state index in [-0.39, 0.29) is 19.1 Å². The molecular formula is C51H84N2O6P+. The Bertz CT molecular complexity index is 1430. The van der Waals surface area contributed by atoms with Gasteiger partial charge in [0.05, 0.1) is 39.9 Å². The van der Waals surface area contributed by atoms with Crippen LogP contribution in [0.4, 0.5) is 0 Å². The third-order valence-electron chi connectivity index (χ3n) is 8.86. The molecule has 0 aromatic heterocycles. The number of phosphoric acid groups is 1. The molecule has 338 valence electrons. The number of rotatable bonds is 38. The fraction of sp³-hybridized carbons (Fsp3) is 0.549. The molecule has 0 spiro atoms. The number of carbonyl (C=O) groups is 1. The number of quaternary nitrogens is 1. The number of likely N-dealkylation sites (N-methyl/N-ethyl adjacent to an activating group) is 1. The van der Waals surface area contributed by atoms with Crippen molar-refractivity contribution in [3.05, 3.63) is 134 Å². The summed E-state index contributed by atoms with van der Waals surface area (Å²) in [4.78, 5) is 22.8. The number of nitrogens with zero attached hydrogens (tertiary/aromatic N) is 1. The van der Waals surface area contributed by atoms with Gasteiger partial charge in [0.2, 0.25) is 5.91 Å². The van der Waals surface area contributed by atoms with Crippen LogP contribution in [0.5, 0.6) is 0 Å². The van der Waals surface area contributed by atoms with E-state index in [1.165, 1.54) is 0 Å². The molecule has 0 aromatic carbocycles. The lowest BCUT2D eigenvalue weighted by atomic mass is 10.1. The monoisotopic (exact) mass is 852 g/mol. The lowest BCUT2D eigenvalue weighted by Crippen LogP contribution is -2.45. The Balaban J connectivity index is 4.03. The van der Waals surface area contributed by atoms with Crippen molar-refractivity contribution in [3.8, 4) is 0 Å². The predicted octanol–water partition coefficient (Wildman–Crippen LogP) is 12.9. The smallest absolute Gasteiger partial charge is 0.387 e. The second-order valence-electron chi connectivity index (χ2n) is 15.7. The molecule has 0 aliphatic heterocycles. The summed E-state index contributed by atoms with van der Waals surface area (Å²) in [6, 6.07) is -0.865. The van der Waals surface area contributed by atoms with E-state index in [0.717, 1.165) is 109 Å². The number of carbonyl (C=O) groups excluding carboxylic acids is 1. The number of aliphatic hydroxyl groups excluding tert-OH is 1. The minimum atomic E-state index is -4.33. The molecule has 3 unspecified atom stereocenters. The number of phosphoric ester groups is 1. The molecule has 0 radical (unpaired) electrons. The molecule has 0 fully saturated rings. The molecule has 3 N–H and O–H groups in total. The van der Waals surface area contributed by atoms with Crippen molar-refractivity contribution in [3.63, 3.8) is 0 Å². The second kappa shape index (κ2) is 41.0. The van der Waals surface area contributed by atoms with Crippen molar-refractivity contribution in [2.45, 2.75) is 142 Å². The molecule has 0 rings (SSSR count). The number of amides is 1. The van der Waals surface area contributed by atoms with E-state index in [1.807, 2.05) is 34.1 Å². The Kier molecular flexibility index (Phi) is 38.7. The predicted molar refractivity (Wildman–Crippen MR) is 258 cm³/mol. The summed E-state index contributed by atoms with van der Waals surface area (Å²) in [5.74, 6) is -0.222. The number of unbranched alkanes of at least 4 members (excludes halogenated alkanes) is 5. The summed E-state index contributed by atoms with van der Waals surface area (Å²) in [5.41, 5.74) is 0. The molecule has 0 aliphatic carbocycles. The van der Waals surface area contributed by atoms with E-state index < -0.39 is 20.0 Å². The minimum Gasteiger partial charge on any atom is -0.387 e. The number of allylic oxidation sites excluding steroid dienone is 21. The second-order valence-corrected chi connectivity index (χ2v) is 17.1. The molecule has 8 nitrogen and oxygen atoms in total. The van der Waals surface area contributed by atoms with Gasteiger partial charge in [0.15, 0.2) is 0 Å². The summed E-state index contributed by atoms with van der Waals surface area (Å²) >= 11 is 0. The summed E-state index contributed by atoms with van der Waals surface area (Å²) < 4.78 is 23.2. The largest absolute Gasteiger partial charge is 0.472 e. The van der Waals surface area contributed by atoms with Crippen molar-refractivity contribution in [2.24, 2.45) is 0 Å². The van der Waals surface area contributed by atoms with Gasteiger partial charge in [0, 0.05) is 6.42 Å². The van der Waals surface area contributed by atoms with Gasteiger partial charge < -0.3 is 19.8 Å². The summed E-state index contributed by atoms with van der Waals surface area (Å²) in [5, 5.41) is 13.4. The quantitative estimate of drug-likeness (QED) is 0.0247. The van der Waals surface area contributed by atoms with E-state index in [4.69, 9.17) is 9.05 Å². The van der Waals surface area contributed by atoms with Crippen LogP contribution in [0.1, 0.15) is 129 Å². The summed E-state index contributed by atoms with van der Waals surface area (Å²) in [7, 11) is 1.52. The van der Waals surface area contributed by atoms with Crippen molar-refractivity contribution >= 4 is 13.7 Å². The topological polar surface area (TPSA) is 105 Å². The van der Waals surface area contributed by atoms with Crippen LogP contribution in [0.25, 0.3) is 0 Å². The zero-order chi connectivity index (χ0) is 44.3. The number of hydrogen-bond donors (Lipinski definition) is 3. The van der Waals surface area contributed by atoms with Gasteiger partial charge in [-0.05, 0) is 89.9 Å². The normalized spacial score (nSPS) is 15.5. The van der Waals surface area contributed by atoms with Crippen LogP contribution in [0.2, 0.25) is 0 Å². The first-order valence-corrected chi connectivity index (χ1v) is 24.1. The molecule has 0 heterocycles. The molecule has 0 saturated carbocycles.